The fourth-order valence-electron chi connectivity index (χ4n) is 2.97. The van der Waals surface area contributed by atoms with Crippen LogP contribution in [-0.4, -0.2) is 42.2 Å². The van der Waals surface area contributed by atoms with Crippen LogP contribution in [0.4, 0.5) is 4.39 Å². The molecule has 0 aliphatic carbocycles. The van der Waals surface area contributed by atoms with Crippen molar-refractivity contribution in [2.75, 3.05) is 13.1 Å². The maximum atomic E-state index is 14.9. The number of nitrogens with zero attached hydrogens (tertiary/aromatic N) is 4. The first-order chi connectivity index (χ1) is 12.6. The highest BCUT2D eigenvalue weighted by molar-refractivity contribution is 6.53. The molecule has 10 heteroatoms. The Bertz CT molecular complexity index is 813. The molecule has 1 amide bonds. The zero-order chi connectivity index (χ0) is 19.8. The number of halogens is 1. The SMILES string of the molecule is CC1(C)OB(C(F)=C2CCN(C(=O)c3ccc(CN=[N+]=[N-])o3)C2)OC1(C)C. The van der Waals surface area contributed by atoms with Gasteiger partial charge in [0.2, 0.25) is 0 Å². The minimum Gasteiger partial charge on any atom is -0.456 e. The molecule has 2 aliphatic rings. The van der Waals surface area contributed by atoms with E-state index in [1.807, 2.05) is 27.7 Å². The molecule has 144 valence electrons. The average molecular weight is 376 g/mol. The maximum absolute atomic E-state index is 14.9. The molecule has 0 atom stereocenters. The first kappa shape index (κ1) is 19.5. The van der Waals surface area contributed by atoms with Crippen LogP contribution >= 0.6 is 0 Å². The zero-order valence-electron chi connectivity index (χ0n) is 15.9. The highest BCUT2D eigenvalue weighted by atomic mass is 19.1. The molecule has 2 saturated heterocycles. The fourth-order valence-corrected chi connectivity index (χ4v) is 2.97. The molecule has 8 nitrogen and oxygen atoms in total. The van der Waals surface area contributed by atoms with Gasteiger partial charge >= 0.3 is 7.12 Å². The van der Waals surface area contributed by atoms with Crippen LogP contribution in [0, 0.1) is 0 Å². The summed E-state index contributed by atoms with van der Waals surface area (Å²) in [6.45, 7) is 8.02. The number of likely N-dealkylation sites (tertiary alicyclic amines) is 1. The van der Waals surface area contributed by atoms with Gasteiger partial charge in [-0.3, -0.25) is 4.79 Å². The van der Waals surface area contributed by atoms with E-state index in [2.05, 4.69) is 10.0 Å². The summed E-state index contributed by atoms with van der Waals surface area (Å²) in [5.41, 5.74) is 7.11. The fraction of sp³-hybridized carbons (Fsp3) is 0.588. The van der Waals surface area contributed by atoms with E-state index in [9.17, 15) is 9.18 Å². The van der Waals surface area contributed by atoms with E-state index >= 15 is 0 Å². The predicted molar refractivity (Wildman–Crippen MR) is 96.3 cm³/mol. The van der Waals surface area contributed by atoms with Crippen LogP contribution < -0.4 is 0 Å². The standard InChI is InChI=1S/C17H22BFN4O4/c1-16(2)17(3,4)27-18(26-16)14(19)11-7-8-23(10-11)15(24)13-6-5-12(25-13)9-21-22-20/h5-6H,7-10H2,1-4H3. The van der Waals surface area contributed by atoms with E-state index in [1.165, 1.54) is 11.0 Å². The monoisotopic (exact) mass is 376 g/mol. The Morgan fingerprint density at radius 3 is 2.63 bits per heavy atom. The molecule has 0 radical (unpaired) electrons. The molecule has 0 spiro atoms. The number of carbonyl (C=O) groups is 1. The van der Waals surface area contributed by atoms with Gasteiger partial charge in [-0.15, -0.1) is 0 Å². The van der Waals surface area contributed by atoms with Crippen LogP contribution in [0.5, 0.6) is 0 Å². The number of amides is 1. The summed E-state index contributed by atoms with van der Waals surface area (Å²) in [6.07, 6.45) is 0.411. The number of furan rings is 1. The van der Waals surface area contributed by atoms with E-state index in [0.29, 0.717) is 24.3 Å². The van der Waals surface area contributed by atoms with Gasteiger partial charge in [-0.25, -0.2) is 4.39 Å². The van der Waals surface area contributed by atoms with Crippen molar-refractivity contribution < 1.29 is 22.9 Å². The number of rotatable bonds is 4. The van der Waals surface area contributed by atoms with Crippen molar-refractivity contribution in [3.63, 3.8) is 0 Å². The predicted octanol–water partition coefficient (Wildman–Crippen LogP) is 3.79. The second-order valence-electron chi connectivity index (χ2n) is 7.67. The summed E-state index contributed by atoms with van der Waals surface area (Å²) in [5, 5.41) is 3.39. The van der Waals surface area contributed by atoms with Gasteiger partial charge in [0.1, 0.15) is 11.5 Å². The van der Waals surface area contributed by atoms with Crippen molar-refractivity contribution >= 4 is 13.0 Å². The van der Waals surface area contributed by atoms with Gasteiger partial charge in [0.05, 0.1) is 17.7 Å². The van der Waals surface area contributed by atoms with Crippen LogP contribution in [0.3, 0.4) is 0 Å². The van der Waals surface area contributed by atoms with E-state index in [0.717, 1.165) is 0 Å². The van der Waals surface area contributed by atoms with Crippen molar-refractivity contribution in [1.82, 2.24) is 4.90 Å². The van der Waals surface area contributed by atoms with Gasteiger partial charge in [0.25, 0.3) is 5.91 Å². The molecule has 3 heterocycles. The van der Waals surface area contributed by atoms with Crippen LogP contribution in [0.25, 0.3) is 10.4 Å². The molecule has 0 unspecified atom stereocenters. The van der Waals surface area contributed by atoms with Gasteiger partial charge in [0, 0.05) is 18.0 Å². The Morgan fingerprint density at radius 2 is 2.00 bits per heavy atom. The molecule has 2 fully saturated rings. The molecule has 1 aromatic rings. The summed E-state index contributed by atoms with van der Waals surface area (Å²) < 4.78 is 31.8. The first-order valence-electron chi connectivity index (χ1n) is 8.76. The molecule has 27 heavy (non-hydrogen) atoms. The van der Waals surface area contributed by atoms with Crippen molar-refractivity contribution in [3.05, 3.63) is 45.4 Å². The Hall–Kier alpha value is -2.29. The second-order valence-corrected chi connectivity index (χ2v) is 7.67. The molecule has 0 saturated carbocycles. The Labute approximate surface area is 157 Å². The van der Waals surface area contributed by atoms with Crippen LogP contribution in [0.1, 0.15) is 50.4 Å². The topological polar surface area (TPSA) is 101 Å². The second kappa shape index (κ2) is 7.03. The smallest absolute Gasteiger partial charge is 0.456 e. The molecular formula is C17H22BFN4O4. The normalized spacial score (nSPS) is 22.7. The lowest BCUT2D eigenvalue weighted by Crippen LogP contribution is -2.41. The third-order valence-electron chi connectivity index (χ3n) is 5.31. The van der Waals surface area contributed by atoms with Gasteiger partial charge in [-0.1, -0.05) is 5.11 Å². The average Bonchev–Trinajstić information content (AvgIpc) is 3.30. The van der Waals surface area contributed by atoms with Gasteiger partial charge < -0.3 is 18.6 Å². The molecular weight excluding hydrogens is 354 g/mol. The van der Waals surface area contributed by atoms with Gasteiger partial charge in [-0.2, -0.15) is 0 Å². The van der Waals surface area contributed by atoms with Crippen molar-refractivity contribution in [3.8, 4) is 0 Å². The van der Waals surface area contributed by atoms with E-state index in [-0.39, 0.29) is 24.8 Å². The minimum atomic E-state index is -1.06. The lowest BCUT2D eigenvalue weighted by atomic mass is 9.84. The van der Waals surface area contributed by atoms with Crippen LogP contribution in [0.15, 0.2) is 33.0 Å². The molecule has 1 aromatic heterocycles. The largest absolute Gasteiger partial charge is 0.525 e. The summed E-state index contributed by atoms with van der Waals surface area (Å²) in [4.78, 5) is 16.7. The maximum Gasteiger partial charge on any atom is 0.525 e. The summed E-state index contributed by atoms with van der Waals surface area (Å²) >= 11 is 0. The van der Waals surface area contributed by atoms with Crippen LogP contribution in [-0.2, 0) is 15.9 Å². The number of hydrogen-bond donors (Lipinski definition) is 0. The first-order valence-corrected chi connectivity index (χ1v) is 8.76. The molecule has 2 aliphatic heterocycles. The Kier molecular flexibility index (Phi) is 5.07. The van der Waals surface area contributed by atoms with E-state index in [1.54, 1.807) is 6.07 Å². The van der Waals surface area contributed by atoms with E-state index in [4.69, 9.17) is 19.3 Å². The molecule has 0 bridgehead atoms. The third kappa shape index (κ3) is 3.74. The summed E-state index contributed by atoms with van der Waals surface area (Å²) in [7, 11) is -1.06. The third-order valence-corrected chi connectivity index (χ3v) is 5.31. The summed E-state index contributed by atoms with van der Waals surface area (Å²) in [6, 6.07) is 3.11. The van der Waals surface area contributed by atoms with Crippen LogP contribution in [0.2, 0.25) is 0 Å². The number of hydrogen-bond acceptors (Lipinski definition) is 5. The van der Waals surface area contributed by atoms with E-state index < -0.39 is 24.0 Å². The highest BCUT2D eigenvalue weighted by Crippen LogP contribution is 2.40. The zero-order valence-corrected chi connectivity index (χ0v) is 15.9. The number of azide groups is 1. The molecule has 0 aromatic carbocycles. The molecule has 3 rings (SSSR count). The van der Waals surface area contributed by atoms with Crippen molar-refractivity contribution in [2.24, 2.45) is 5.11 Å². The quantitative estimate of drug-likeness (QED) is 0.345. The lowest BCUT2D eigenvalue weighted by molar-refractivity contribution is 0.00578. The number of carbonyl (C=O) groups excluding carboxylic acids is 1. The van der Waals surface area contributed by atoms with Gasteiger partial charge in [-0.05, 0) is 57.4 Å². The lowest BCUT2D eigenvalue weighted by Gasteiger charge is -2.32. The summed E-state index contributed by atoms with van der Waals surface area (Å²) in [5.74, 6) is 0.198. The van der Waals surface area contributed by atoms with Crippen molar-refractivity contribution in [1.29, 1.82) is 0 Å². The highest BCUT2D eigenvalue weighted by Gasteiger charge is 2.53. The van der Waals surface area contributed by atoms with Crippen molar-refractivity contribution in [2.45, 2.75) is 51.9 Å². The van der Waals surface area contributed by atoms with Gasteiger partial charge in [0.15, 0.2) is 5.76 Å². The minimum absolute atomic E-state index is 0.0332. The Morgan fingerprint density at radius 1 is 1.33 bits per heavy atom. The molecule has 0 N–H and O–H groups in total. The Balaban J connectivity index is 1.69.